The predicted octanol–water partition coefficient (Wildman–Crippen LogP) is 2.38. The maximum Gasteiger partial charge on any atom is 0.164 e. The molecule has 25 heavy (non-hydrogen) atoms. The van der Waals surface area contributed by atoms with Crippen molar-refractivity contribution in [3.05, 3.63) is 42.7 Å². The first kappa shape index (κ1) is 14.5. The van der Waals surface area contributed by atoms with E-state index in [1.165, 1.54) is 12.8 Å². The van der Waals surface area contributed by atoms with Crippen molar-refractivity contribution in [1.29, 1.82) is 0 Å². The van der Waals surface area contributed by atoms with Gasteiger partial charge in [-0.05, 0) is 37.5 Å². The average molecular weight is 333 g/mol. The van der Waals surface area contributed by atoms with E-state index in [-0.39, 0.29) is 0 Å². The van der Waals surface area contributed by atoms with Crippen LogP contribution in [0.4, 0.5) is 11.6 Å². The van der Waals surface area contributed by atoms with Crippen molar-refractivity contribution >= 4 is 22.7 Å². The molecular formula is C18H19N7. The molecule has 5 rings (SSSR count). The Bertz CT molecular complexity index is 903. The summed E-state index contributed by atoms with van der Waals surface area (Å²) >= 11 is 0. The second-order valence-corrected chi connectivity index (χ2v) is 6.72. The second-order valence-electron chi connectivity index (χ2n) is 6.72. The van der Waals surface area contributed by atoms with E-state index >= 15 is 0 Å². The number of hydrogen-bond donors (Lipinski definition) is 1. The van der Waals surface area contributed by atoms with Crippen LogP contribution < -0.4 is 10.2 Å². The third-order valence-electron chi connectivity index (χ3n) is 4.84. The van der Waals surface area contributed by atoms with Gasteiger partial charge >= 0.3 is 0 Å². The zero-order valence-corrected chi connectivity index (χ0v) is 13.8. The lowest BCUT2D eigenvalue weighted by Crippen LogP contribution is -2.27. The molecule has 1 saturated carbocycles. The van der Waals surface area contributed by atoms with Crippen LogP contribution >= 0.6 is 0 Å². The Morgan fingerprint density at radius 1 is 1.00 bits per heavy atom. The lowest BCUT2D eigenvalue weighted by atomic mass is 10.2. The molecule has 0 spiro atoms. The van der Waals surface area contributed by atoms with Crippen molar-refractivity contribution < 1.29 is 0 Å². The third kappa shape index (κ3) is 2.86. The summed E-state index contributed by atoms with van der Waals surface area (Å²) in [6.45, 7) is 1.85. The van der Waals surface area contributed by atoms with Crippen LogP contribution in [-0.4, -0.2) is 44.1 Å². The fourth-order valence-corrected chi connectivity index (χ4v) is 3.41. The van der Waals surface area contributed by atoms with Gasteiger partial charge in [-0.1, -0.05) is 0 Å². The first-order chi connectivity index (χ1) is 12.4. The average Bonchev–Trinajstić information content (AvgIpc) is 3.41. The van der Waals surface area contributed by atoms with E-state index < -0.39 is 0 Å². The van der Waals surface area contributed by atoms with Gasteiger partial charge in [-0.15, -0.1) is 0 Å². The largest absolute Gasteiger partial charge is 0.365 e. The molecule has 2 fully saturated rings. The molecule has 126 valence electrons. The van der Waals surface area contributed by atoms with Gasteiger partial charge in [0.1, 0.15) is 23.8 Å². The van der Waals surface area contributed by atoms with Gasteiger partial charge in [0.05, 0.1) is 5.39 Å². The Morgan fingerprint density at radius 3 is 2.88 bits per heavy atom. The third-order valence-corrected chi connectivity index (χ3v) is 4.84. The molecule has 1 unspecified atom stereocenters. The minimum absolute atomic E-state index is 0.351. The highest BCUT2D eigenvalue weighted by atomic mass is 15.2. The van der Waals surface area contributed by atoms with E-state index in [0.29, 0.717) is 12.0 Å². The van der Waals surface area contributed by atoms with Gasteiger partial charge in [-0.25, -0.2) is 24.9 Å². The minimum Gasteiger partial charge on any atom is -0.365 e. The Balaban J connectivity index is 1.33. The maximum absolute atomic E-state index is 4.67. The minimum atomic E-state index is 0.351. The van der Waals surface area contributed by atoms with E-state index in [0.717, 1.165) is 48.0 Å². The summed E-state index contributed by atoms with van der Waals surface area (Å²) < 4.78 is 0. The van der Waals surface area contributed by atoms with Gasteiger partial charge in [0.25, 0.3) is 0 Å². The molecular weight excluding hydrogens is 314 g/mol. The van der Waals surface area contributed by atoms with Crippen molar-refractivity contribution in [2.75, 3.05) is 23.3 Å². The standard InChI is InChI=1S/C18H19N7/c1-2-14-17(19-7-1)21-11-22-18(14)25-9-6-13(10-25)23-15-5-8-20-16(24-15)12-3-4-12/h1-2,5,7-8,11-13H,3-4,6,9-10H2,(H,20,23,24). The molecule has 1 aliphatic heterocycles. The second kappa shape index (κ2) is 5.91. The summed E-state index contributed by atoms with van der Waals surface area (Å²) in [5.74, 6) is 3.44. The quantitative estimate of drug-likeness (QED) is 0.785. The van der Waals surface area contributed by atoms with Crippen molar-refractivity contribution in [2.45, 2.75) is 31.2 Å². The summed E-state index contributed by atoms with van der Waals surface area (Å²) in [4.78, 5) is 24.4. The number of nitrogens with zero attached hydrogens (tertiary/aromatic N) is 6. The van der Waals surface area contributed by atoms with Crippen LogP contribution in [0.3, 0.4) is 0 Å². The van der Waals surface area contributed by atoms with E-state index in [9.17, 15) is 0 Å². The topological polar surface area (TPSA) is 79.7 Å². The SMILES string of the molecule is c1cnc2ncnc(N3CCC(Nc4ccnc(C5CC5)n4)C3)c2c1. The molecule has 1 aliphatic carbocycles. The maximum atomic E-state index is 4.67. The van der Waals surface area contributed by atoms with E-state index in [1.807, 2.05) is 24.4 Å². The molecule has 1 atom stereocenters. The molecule has 0 bridgehead atoms. The molecule has 0 aromatic carbocycles. The molecule has 0 amide bonds. The van der Waals surface area contributed by atoms with Crippen molar-refractivity contribution in [2.24, 2.45) is 0 Å². The molecule has 4 heterocycles. The fraction of sp³-hybridized carbons (Fsp3) is 0.389. The summed E-state index contributed by atoms with van der Waals surface area (Å²) in [5.41, 5.74) is 0.744. The summed E-state index contributed by atoms with van der Waals surface area (Å²) in [5, 5.41) is 4.56. The molecule has 7 nitrogen and oxygen atoms in total. The first-order valence-electron chi connectivity index (χ1n) is 8.77. The van der Waals surface area contributed by atoms with Crippen LogP contribution in [0.15, 0.2) is 36.9 Å². The fourth-order valence-electron chi connectivity index (χ4n) is 3.41. The summed E-state index contributed by atoms with van der Waals surface area (Å²) in [6, 6.07) is 6.27. The molecule has 0 radical (unpaired) electrons. The van der Waals surface area contributed by atoms with Gasteiger partial charge in [0.15, 0.2) is 5.65 Å². The van der Waals surface area contributed by atoms with Crippen LogP contribution in [0, 0.1) is 0 Å². The number of aromatic nitrogens is 5. The Hall–Kier alpha value is -2.83. The van der Waals surface area contributed by atoms with Crippen LogP contribution in [-0.2, 0) is 0 Å². The lowest BCUT2D eigenvalue weighted by molar-refractivity contribution is 0.793. The highest BCUT2D eigenvalue weighted by Crippen LogP contribution is 2.38. The van der Waals surface area contributed by atoms with Gasteiger partial charge in [0.2, 0.25) is 0 Å². The van der Waals surface area contributed by atoms with Gasteiger partial charge in [0, 0.05) is 37.4 Å². The number of anilines is 2. The highest BCUT2D eigenvalue weighted by molar-refractivity contribution is 5.86. The Morgan fingerprint density at radius 2 is 1.96 bits per heavy atom. The first-order valence-corrected chi connectivity index (χ1v) is 8.77. The number of nitrogens with one attached hydrogen (secondary N) is 1. The Labute approximate surface area is 145 Å². The highest BCUT2D eigenvalue weighted by Gasteiger charge is 2.28. The number of fused-ring (bicyclic) bond motifs is 1. The van der Waals surface area contributed by atoms with Crippen molar-refractivity contribution in [3.63, 3.8) is 0 Å². The van der Waals surface area contributed by atoms with Crippen LogP contribution in [0.1, 0.15) is 31.0 Å². The molecule has 1 saturated heterocycles. The Kier molecular flexibility index (Phi) is 3.43. The predicted molar refractivity (Wildman–Crippen MR) is 95.6 cm³/mol. The smallest absolute Gasteiger partial charge is 0.164 e. The monoisotopic (exact) mass is 333 g/mol. The molecule has 7 heteroatoms. The van der Waals surface area contributed by atoms with Crippen LogP contribution in [0.5, 0.6) is 0 Å². The molecule has 3 aromatic rings. The van der Waals surface area contributed by atoms with Gasteiger partial charge in [-0.2, -0.15) is 0 Å². The molecule has 3 aromatic heterocycles. The molecule has 1 N–H and O–H groups in total. The van der Waals surface area contributed by atoms with Crippen molar-refractivity contribution in [3.8, 4) is 0 Å². The van der Waals surface area contributed by atoms with Gasteiger partial charge < -0.3 is 10.2 Å². The number of rotatable bonds is 4. The summed E-state index contributed by atoms with van der Waals surface area (Å²) in [6.07, 6.45) is 8.70. The van der Waals surface area contributed by atoms with E-state index in [1.54, 1.807) is 12.5 Å². The zero-order chi connectivity index (χ0) is 16.6. The zero-order valence-electron chi connectivity index (χ0n) is 13.8. The van der Waals surface area contributed by atoms with E-state index in [2.05, 4.69) is 35.1 Å². The normalized spacial score (nSPS) is 20.2. The van der Waals surface area contributed by atoms with Crippen LogP contribution in [0.25, 0.3) is 11.0 Å². The number of hydrogen-bond acceptors (Lipinski definition) is 7. The van der Waals surface area contributed by atoms with Gasteiger partial charge in [-0.3, -0.25) is 0 Å². The summed E-state index contributed by atoms with van der Waals surface area (Å²) in [7, 11) is 0. The lowest BCUT2D eigenvalue weighted by Gasteiger charge is -2.19. The van der Waals surface area contributed by atoms with E-state index in [4.69, 9.17) is 0 Å². The van der Waals surface area contributed by atoms with Crippen molar-refractivity contribution in [1.82, 2.24) is 24.9 Å². The van der Waals surface area contributed by atoms with Crippen LogP contribution in [0.2, 0.25) is 0 Å². The molecule has 2 aliphatic rings. The number of pyridine rings is 1.